The van der Waals surface area contributed by atoms with Gasteiger partial charge in [0.1, 0.15) is 5.82 Å². The Morgan fingerprint density at radius 1 is 0.938 bits per heavy atom. The van der Waals surface area contributed by atoms with Crippen molar-refractivity contribution in [3.05, 3.63) is 95.8 Å². The van der Waals surface area contributed by atoms with E-state index in [-0.39, 0.29) is 24.2 Å². The molecule has 0 bridgehead atoms. The third-order valence-electron chi connectivity index (χ3n) is 5.11. The molecule has 0 saturated carbocycles. The molecule has 0 aliphatic heterocycles. The molecule has 4 aromatic rings. The molecule has 0 radical (unpaired) electrons. The number of hydrogen-bond acceptors (Lipinski definition) is 3. The number of amides is 2. The van der Waals surface area contributed by atoms with E-state index in [4.69, 9.17) is 4.98 Å². The van der Waals surface area contributed by atoms with Crippen LogP contribution in [0.4, 0.5) is 10.1 Å². The quantitative estimate of drug-likeness (QED) is 0.438. The first kappa shape index (κ1) is 21.2. The SMILES string of the molecule is CCC(=O)Nc1ccc(-c2cc(C(=O)NCc3ccc(F)cc3)c3ccccc3n2)cc1. The Balaban J connectivity index is 1.63. The number of fused-ring (bicyclic) bond motifs is 1. The lowest BCUT2D eigenvalue weighted by Crippen LogP contribution is -2.23. The molecule has 0 atom stereocenters. The highest BCUT2D eigenvalue weighted by atomic mass is 19.1. The summed E-state index contributed by atoms with van der Waals surface area (Å²) in [4.78, 5) is 29.3. The van der Waals surface area contributed by atoms with Gasteiger partial charge in [0, 0.05) is 29.6 Å². The average Bonchev–Trinajstić information content (AvgIpc) is 2.83. The fraction of sp³-hybridized carbons (Fsp3) is 0.115. The van der Waals surface area contributed by atoms with Gasteiger partial charge in [-0.1, -0.05) is 49.4 Å². The number of para-hydroxylation sites is 1. The summed E-state index contributed by atoms with van der Waals surface area (Å²) in [5.74, 6) is -0.604. The number of carbonyl (C=O) groups is 2. The number of anilines is 1. The van der Waals surface area contributed by atoms with Crippen LogP contribution < -0.4 is 10.6 Å². The topological polar surface area (TPSA) is 71.1 Å². The van der Waals surface area contributed by atoms with Gasteiger partial charge in [-0.25, -0.2) is 9.37 Å². The normalized spacial score (nSPS) is 10.7. The van der Waals surface area contributed by atoms with Crippen molar-refractivity contribution in [2.24, 2.45) is 0 Å². The second-order valence-electron chi connectivity index (χ2n) is 7.36. The molecule has 6 heteroatoms. The molecule has 0 spiro atoms. The van der Waals surface area contributed by atoms with Crippen LogP contribution in [0.2, 0.25) is 0 Å². The van der Waals surface area contributed by atoms with E-state index in [1.165, 1.54) is 12.1 Å². The predicted octanol–water partition coefficient (Wildman–Crippen LogP) is 5.32. The first-order valence-corrected chi connectivity index (χ1v) is 10.4. The Kier molecular flexibility index (Phi) is 6.22. The monoisotopic (exact) mass is 427 g/mol. The minimum atomic E-state index is -0.315. The number of nitrogens with one attached hydrogen (secondary N) is 2. The molecular formula is C26H22FN3O2. The number of nitrogens with zero attached hydrogens (tertiary/aromatic N) is 1. The van der Waals surface area contributed by atoms with E-state index in [1.807, 2.05) is 48.5 Å². The lowest BCUT2D eigenvalue weighted by Gasteiger charge is -2.11. The summed E-state index contributed by atoms with van der Waals surface area (Å²) < 4.78 is 13.1. The molecule has 3 aromatic carbocycles. The van der Waals surface area contributed by atoms with E-state index in [9.17, 15) is 14.0 Å². The van der Waals surface area contributed by atoms with E-state index in [2.05, 4.69) is 10.6 Å². The molecule has 2 N–H and O–H groups in total. The second kappa shape index (κ2) is 9.39. The molecule has 160 valence electrons. The highest BCUT2D eigenvalue weighted by molar-refractivity contribution is 6.07. The first-order chi connectivity index (χ1) is 15.5. The van der Waals surface area contributed by atoms with E-state index >= 15 is 0 Å². The molecule has 0 fully saturated rings. The molecule has 0 unspecified atom stereocenters. The highest BCUT2D eigenvalue weighted by Gasteiger charge is 2.14. The van der Waals surface area contributed by atoms with Crippen LogP contribution in [0, 0.1) is 5.82 Å². The van der Waals surface area contributed by atoms with Crippen molar-refractivity contribution in [2.45, 2.75) is 19.9 Å². The van der Waals surface area contributed by atoms with Crippen molar-refractivity contribution in [3.8, 4) is 11.3 Å². The summed E-state index contributed by atoms with van der Waals surface area (Å²) in [6, 6.07) is 22.6. The second-order valence-corrected chi connectivity index (χ2v) is 7.36. The molecule has 1 heterocycles. The summed E-state index contributed by atoms with van der Waals surface area (Å²) in [6.07, 6.45) is 0.407. The first-order valence-electron chi connectivity index (χ1n) is 10.4. The third kappa shape index (κ3) is 4.81. The Morgan fingerprint density at radius 2 is 1.66 bits per heavy atom. The van der Waals surface area contributed by atoms with Gasteiger partial charge in [-0.3, -0.25) is 9.59 Å². The number of aromatic nitrogens is 1. The van der Waals surface area contributed by atoms with E-state index < -0.39 is 0 Å². The molecule has 4 rings (SSSR count). The van der Waals surface area contributed by atoms with Gasteiger partial charge in [-0.05, 0) is 42.0 Å². The van der Waals surface area contributed by atoms with Crippen LogP contribution in [0.1, 0.15) is 29.3 Å². The summed E-state index contributed by atoms with van der Waals surface area (Å²) in [7, 11) is 0. The lowest BCUT2D eigenvalue weighted by atomic mass is 10.0. The Bertz CT molecular complexity index is 1270. The van der Waals surface area contributed by atoms with E-state index in [1.54, 1.807) is 25.1 Å². The predicted molar refractivity (Wildman–Crippen MR) is 124 cm³/mol. The van der Waals surface area contributed by atoms with E-state index in [0.29, 0.717) is 28.9 Å². The fourth-order valence-electron chi connectivity index (χ4n) is 3.36. The van der Waals surface area contributed by atoms with Crippen molar-refractivity contribution in [3.63, 3.8) is 0 Å². The summed E-state index contributed by atoms with van der Waals surface area (Å²) in [6.45, 7) is 2.09. The Hall–Kier alpha value is -4.06. The third-order valence-corrected chi connectivity index (χ3v) is 5.11. The highest BCUT2D eigenvalue weighted by Crippen LogP contribution is 2.26. The lowest BCUT2D eigenvalue weighted by molar-refractivity contribution is -0.115. The maximum absolute atomic E-state index is 13.1. The number of benzene rings is 3. The number of pyridine rings is 1. The number of carbonyl (C=O) groups excluding carboxylic acids is 2. The van der Waals surface area contributed by atoms with E-state index in [0.717, 1.165) is 16.5 Å². The smallest absolute Gasteiger partial charge is 0.252 e. The van der Waals surface area contributed by atoms with Gasteiger partial charge in [0.25, 0.3) is 5.91 Å². The fourth-order valence-corrected chi connectivity index (χ4v) is 3.36. The van der Waals surface area contributed by atoms with Gasteiger partial charge in [-0.15, -0.1) is 0 Å². The van der Waals surface area contributed by atoms with Crippen LogP contribution in [0.25, 0.3) is 22.2 Å². The summed E-state index contributed by atoms with van der Waals surface area (Å²) >= 11 is 0. The van der Waals surface area contributed by atoms with Gasteiger partial charge in [-0.2, -0.15) is 0 Å². The standard InChI is InChI=1S/C26H22FN3O2/c1-2-25(31)29-20-13-9-18(10-14-20)24-15-22(21-5-3-4-6-23(21)30-24)26(32)28-16-17-7-11-19(27)12-8-17/h3-15H,2,16H2,1H3,(H,28,32)(H,29,31). The average molecular weight is 427 g/mol. The van der Waals surface area contributed by atoms with Crippen LogP contribution in [-0.2, 0) is 11.3 Å². The molecular weight excluding hydrogens is 405 g/mol. The van der Waals surface area contributed by atoms with Crippen molar-refractivity contribution in [1.29, 1.82) is 0 Å². The summed E-state index contributed by atoms with van der Waals surface area (Å²) in [5.41, 5.74) is 4.22. The molecule has 1 aromatic heterocycles. The zero-order valence-electron chi connectivity index (χ0n) is 17.6. The van der Waals surface area contributed by atoms with Gasteiger partial charge >= 0.3 is 0 Å². The summed E-state index contributed by atoms with van der Waals surface area (Å²) in [5, 5.41) is 6.47. The zero-order valence-corrected chi connectivity index (χ0v) is 17.6. The van der Waals surface area contributed by atoms with Crippen LogP contribution in [-0.4, -0.2) is 16.8 Å². The van der Waals surface area contributed by atoms with Crippen LogP contribution in [0.3, 0.4) is 0 Å². The van der Waals surface area contributed by atoms with Gasteiger partial charge < -0.3 is 10.6 Å². The Morgan fingerprint density at radius 3 is 2.38 bits per heavy atom. The molecule has 2 amide bonds. The van der Waals surface area contributed by atoms with Crippen molar-refractivity contribution < 1.29 is 14.0 Å². The molecule has 0 aliphatic rings. The Labute approximate surface area is 185 Å². The molecule has 5 nitrogen and oxygen atoms in total. The maximum atomic E-state index is 13.1. The maximum Gasteiger partial charge on any atom is 0.252 e. The van der Waals surface area contributed by atoms with Gasteiger partial charge in [0.2, 0.25) is 5.91 Å². The van der Waals surface area contributed by atoms with Crippen molar-refractivity contribution in [1.82, 2.24) is 10.3 Å². The van der Waals surface area contributed by atoms with Gasteiger partial charge in [0.05, 0.1) is 16.8 Å². The van der Waals surface area contributed by atoms with Crippen LogP contribution in [0.15, 0.2) is 78.9 Å². The number of hydrogen-bond donors (Lipinski definition) is 2. The largest absolute Gasteiger partial charge is 0.348 e. The van der Waals surface area contributed by atoms with Crippen LogP contribution >= 0.6 is 0 Å². The van der Waals surface area contributed by atoms with Crippen molar-refractivity contribution >= 4 is 28.4 Å². The van der Waals surface area contributed by atoms with Gasteiger partial charge in [0.15, 0.2) is 0 Å². The number of rotatable bonds is 6. The van der Waals surface area contributed by atoms with Crippen molar-refractivity contribution in [2.75, 3.05) is 5.32 Å². The molecule has 32 heavy (non-hydrogen) atoms. The molecule has 0 saturated heterocycles. The minimum absolute atomic E-state index is 0.0540. The molecule has 0 aliphatic carbocycles. The number of halogens is 1. The minimum Gasteiger partial charge on any atom is -0.348 e. The van der Waals surface area contributed by atoms with Crippen LogP contribution in [0.5, 0.6) is 0 Å². The zero-order chi connectivity index (χ0) is 22.5.